The lowest BCUT2D eigenvalue weighted by Gasteiger charge is -2.18. The monoisotopic (exact) mass is 283 g/mol. The second-order valence-corrected chi connectivity index (χ2v) is 5.77. The number of aryl methyl sites for hydroxylation is 3. The predicted octanol–water partition coefficient (Wildman–Crippen LogP) is 4.47. The van der Waals surface area contributed by atoms with Crippen LogP contribution in [-0.4, -0.2) is 7.11 Å². The van der Waals surface area contributed by atoms with Crippen molar-refractivity contribution in [1.82, 2.24) is 5.32 Å². The van der Waals surface area contributed by atoms with Crippen molar-refractivity contribution in [3.05, 3.63) is 64.2 Å². The number of nitrogens with one attached hydrogen (secondary N) is 1. The maximum atomic E-state index is 5.30. The summed E-state index contributed by atoms with van der Waals surface area (Å²) in [5.74, 6) is 0.946. The number of methoxy groups -OCH3 is 1. The molecule has 0 amide bonds. The Bertz CT molecular complexity index is 619. The molecule has 1 N–H and O–H groups in total. The number of ether oxygens (including phenoxy) is 1. The van der Waals surface area contributed by atoms with Gasteiger partial charge in [-0.3, -0.25) is 0 Å². The molecule has 0 aliphatic rings. The number of rotatable bonds is 5. The first-order valence-electron chi connectivity index (χ1n) is 7.45. The van der Waals surface area contributed by atoms with Crippen LogP contribution in [0.25, 0.3) is 0 Å². The summed E-state index contributed by atoms with van der Waals surface area (Å²) in [6.07, 6.45) is 0. The molecule has 0 aliphatic heterocycles. The second-order valence-electron chi connectivity index (χ2n) is 5.77. The first-order chi connectivity index (χ1) is 10.0. The van der Waals surface area contributed by atoms with E-state index in [2.05, 4.69) is 63.3 Å². The molecule has 112 valence electrons. The van der Waals surface area contributed by atoms with Crippen LogP contribution in [0.5, 0.6) is 5.75 Å². The van der Waals surface area contributed by atoms with E-state index in [9.17, 15) is 0 Å². The molecule has 1 unspecified atom stereocenters. The Labute approximate surface area is 128 Å². The van der Waals surface area contributed by atoms with Crippen molar-refractivity contribution >= 4 is 0 Å². The summed E-state index contributed by atoms with van der Waals surface area (Å²) >= 11 is 0. The normalized spacial score (nSPS) is 12.2. The van der Waals surface area contributed by atoms with Gasteiger partial charge in [-0.25, -0.2) is 0 Å². The summed E-state index contributed by atoms with van der Waals surface area (Å²) < 4.78 is 5.30. The molecule has 2 aromatic rings. The summed E-state index contributed by atoms with van der Waals surface area (Å²) in [5, 5.41) is 3.61. The zero-order valence-electron chi connectivity index (χ0n) is 13.7. The van der Waals surface area contributed by atoms with Crippen molar-refractivity contribution in [1.29, 1.82) is 0 Å². The lowest BCUT2D eigenvalue weighted by atomic mass is 10.00. The third-order valence-electron chi connectivity index (χ3n) is 3.97. The fraction of sp³-hybridized carbons (Fsp3) is 0.368. The van der Waals surface area contributed by atoms with Gasteiger partial charge in [-0.2, -0.15) is 0 Å². The maximum Gasteiger partial charge on any atom is 0.121 e. The van der Waals surface area contributed by atoms with E-state index in [1.165, 1.54) is 27.8 Å². The number of hydrogen-bond acceptors (Lipinski definition) is 2. The van der Waals surface area contributed by atoms with Gasteiger partial charge in [0.2, 0.25) is 0 Å². The molecule has 0 radical (unpaired) electrons. The molecule has 0 fully saturated rings. The van der Waals surface area contributed by atoms with Crippen LogP contribution in [0, 0.1) is 20.8 Å². The van der Waals surface area contributed by atoms with Crippen molar-refractivity contribution in [2.24, 2.45) is 0 Å². The van der Waals surface area contributed by atoms with Gasteiger partial charge in [-0.05, 0) is 56.0 Å². The highest BCUT2D eigenvalue weighted by Crippen LogP contribution is 2.21. The lowest BCUT2D eigenvalue weighted by molar-refractivity contribution is 0.411. The summed E-state index contributed by atoms with van der Waals surface area (Å²) in [6, 6.07) is 13.3. The Kier molecular flexibility index (Phi) is 5.03. The van der Waals surface area contributed by atoms with Crippen LogP contribution in [0.3, 0.4) is 0 Å². The van der Waals surface area contributed by atoms with Crippen LogP contribution in [0.15, 0.2) is 36.4 Å². The Balaban J connectivity index is 2.05. The van der Waals surface area contributed by atoms with Crippen LogP contribution in [0.4, 0.5) is 0 Å². The Hall–Kier alpha value is -1.80. The molecular formula is C19H25NO. The molecule has 0 saturated heterocycles. The van der Waals surface area contributed by atoms with Gasteiger partial charge in [0.1, 0.15) is 5.75 Å². The van der Waals surface area contributed by atoms with E-state index in [1.54, 1.807) is 7.11 Å². The Morgan fingerprint density at radius 2 is 1.76 bits per heavy atom. The third kappa shape index (κ3) is 3.85. The van der Waals surface area contributed by atoms with E-state index >= 15 is 0 Å². The van der Waals surface area contributed by atoms with Crippen molar-refractivity contribution in [2.75, 3.05) is 7.11 Å². The zero-order valence-corrected chi connectivity index (χ0v) is 13.7. The van der Waals surface area contributed by atoms with Crippen LogP contribution in [0.1, 0.15) is 40.8 Å². The molecule has 21 heavy (non-hydrogen) atoms. The van der Waals surface area contributed by atoms with E-state index in [-0.39, 0.29) is 0 Å². The Morgan fingerprint density at radius 3 is 2.43 bits per heavy atom. The minimum Gasteiger partial charge on any atom is -0.496 e. The molecule has 2 rings (SSSR count). The minimum atomic E-state index is 0.340. The third-order valence-corrected chi connectivity index (χ3v) is 3.97. The fourth-order valence-corrected chi connectivity index (χ4v) is 2.66. The van der Waals surface area contributed by atoms with Gasteiger partial charge < -0.3 is 10.1 Å². The average molecular weight is 283 g/mol. The van der Waals surface area contributed by atoms with Crippen LogP contribution >= 0.6 is 0 Å². The molecule has 0 heterocycles. The number of benzene rings is 2. The van der Waals surface area contributed by atoms with Gasteiger partial charge in [0.05, 0.1) is 7.11 Å². The fourth-order valence-electron chi connectivity index (χ4n) is 2.66. The van der Waals surface area contributed by atoms with E-state index in [0.29, 0.717) is 6.04 Å². The summed E-state index contributed by atoms with van der Waals surface area (Å²) in [6.45, 7) is 9.47. The van der Waals surface area contributed by atoms with Gasteiger partial charge in [0.25, 0.3) is 0 Å². The van der Waals surface area contributed by atoms with E-state index < -0.39 is 0 Å². The van der Waals surface area contributed by atoms with Crippen molar-refractivity contribution < 1.29 is 4.74 Å². The molecule has 0 spiro atoms. The first-order valence-corrected chi connectivity index (χ1v) is 7.45. The minimum absolute atomic E-state index is 0.340. The largest absolute Gasteiger partial charge is 0.496 e. The van der Waals surface area contributed by atoms with Gasteiger partial charge >= 0.3 is 0 Å². The van der Waals surface area contributed by atoms with Gasteiger partial charge in [-0.15, -0.1) is 0 Å². The van der Waals surface area contributed by atoms with Gasteiger partial charge in [0.15, 0.2) is 0 Å². The lowest BCUT2D eigenvalue weighted by Crippen LogP contribution is -2.19. The summed E-state index contributed by atoms with van der Waals surface area (Å²) in [4.78, 5) is 0. The van der Waals surface area contributed by atoms with Crippen molar-refractivity contribution in [3.8, 4) is 5.75 Å². The highest BCUT2D eigenvalue weighted by Gasteiger charge is 2.08. The molecule has 0 bridgehead atoms. The summed E-state index contributed by atoms with van der Waals surface area (Å²) in [7, 11) is 1.71. The highest BCUT2D eigenvalue weighted by molar-refractivity contribution is 5.36. The number of hydrogen-bond donors (Lipinski definition) is 1. The predicted molar refractivity (Wildman–Crippen MR) is 88.9 cm³/mol. The maximum absolute atomic E-state index is 5.30. The van der Waals surface area contributed by atoms with E-state index in [1.807, 2.05) is 6.07 Å². The second kappa shape index (κ2) is 6.77. The molecule has 0 aromatic heterocycles. The molecule has 0 aliphatic carbocycles. The standard InChI is InChI=1S/C19H25NO/c1-13-6-7-14(2)18(10-13)16(4)20-12-17-8-9-19(21-5)15(3)11-17/h6-11,16,20H,12H2,1-5H3. The van der Waals surface area contributed by atoms with Crippen LogP contribution in [0.2, 0.25) is 0 Å². The van der Waals surface area contributed by atoms with E-state index in [4.69, 9.17) is 4.74 Å². The van der Waals surface area contributed by atoms with Crippen LogP contribution in [-0.2, 0) is 6.54 Å². The topological polar surface area (TPSA) is 21.3 Å². The van der Waals surface area contributed by atoms with Crippen LogP contribution < -0.4 is 10.1 Å². The molecule has 2 heteroatoms. The smallest absolute Gasteiger partial charge is 0.121 e. The highest BCUT2D eigenvalue weighted by atomic mass is 16.5. The van der Waals surface area contributed by atoms with Gasteiger partial charge in [0, 0.05) is 12.6 Å². The molecule has 2 nitrogen and oxygen atoms in total. The molecule has 0 saturated carbocycles. The molecule has 1 atom stereocenters. The first kappa shape index (κ1) is 15.6. The van der Waals surface area contributed by atoms with Gasteiger partial charge in [-0.1, -0.05) is 35.9 Å². The average Bonchev–Trinajstić information content (AvgIpc) is 2.47. The zero-order chi connectivity index (χ0) is 15.4. The Morgan fingerprint density at radius 1 is 1.00 bits per heavy atom. The van der Waals surface area contributed by atoms with Crippen molar-refractivity contribution in [3.63, 3.8) is 0 Å². The molecular weight excluding hydrogens is 258 g/mol. The van der Waals surface area contributed by atoms with Crippen molar-refractivity contribution in [2.45, 2.75) is 40.3 Å². The molecule has 2 aromatic carbocycles. The quantitative estimate of drug-likeness (QED) is 0.874. The van der Waals surface area contributed by atoms with E-state index in [0.717, 1.165) is 12.3 Å². The SMILES string of the molecule is COc1ccc(CNC(C)c2cc(C)ccc2C)cc1C. The summed E-state index contributed by atoms with van der Waals surface area (Å²) in [5.41, 5.74) is 6.48.